The summed E-state index contributed by atoms with van der Waals surface area (Å²) >= 11 is 0. The SMILES string of the molecule is CN=C(NCCN(C)C1CCCC1)NC1CCN(Cc2ccccn2)CC1.I. The van der Waals surface area contributed by atoms with E-state index in [-0.39, 0.29) is 24.0 Å². The Morgan fingerprint density at radius 2 is 1.96 bits per heavy atom. The van der Waals surface area contributed by atoms with Crippen molar-refractivity contribution < 1.29 is 0 Å². The monoisotopic (exact) mass is 500 g/mol. The fraction of sp³-hybridized carbons (Fsp3) is 0.714. The van der Waals surface area contributed by atoms with E-state index in [4.69, 9.17) is 0 Å². The number of hydrogen-bond donors (Lipinski definition) is 2. The largest absolute Gasteiger partial charge is 0.355 e. The lowest BCUT2D eigenvalue weighted by atomic mass is 10.0. The number of pyridine rings is 1. The fourth-order valence-electron chi connectivity index (χ4n) is 4.22. The van der Waals surface area contributed by atoms with Crippen molar-refractivity contribution >= 4 is 29.9 Å². The summed E-state index contributed by atoms with van der Waals surface area (Å²) in [4.78, 5) is 13.9. The van der Waals surface area contributed by atoms with Crippen LogP contribution < -0.4 is 10.6 Å². The molecule has 0 bridgehead atoms. The van der Waals surface area contributed by atoms with Gasteiger partial charge in [-0.25, -0.2) is 0 Å². The van der Waals surface area contributed by atoms with E-state index in [0.29, 0.717) is 6.04 Å². The predicted octanol–water partition coefficient (Wildman–Crippen LogP) is 2.70. The lowest BCUT2D eigenvalue weighted by molar-refractivity contribution is 0.196. The first-order chi connectivity index (χ1) is 13.2. The zero-order chi connectivity index (χ0) is 18.9. The molecule has 0 atom stereocenters. The zero-order valence-corrected chi connectivity index (χ0v) is 19.8. The molecule has 1 saturated carbocycles. The van der Waals surface area contributed by atoms with E-state index in [1.807, 2.05) is 19.3 Å². The van der Waals surface area contributed by atoms with Gasteiger partial charge in [0.1, 0.15) is 0 Å². The highest BCUT2D eigenvalue weighted by Crippen LogP contribution is 2.21. The number of hydrogen-bond acceptors (Lipinski definition) is 4. The Kier molecular flexibility index (Phi) is 10.5. The smallest absolute Gasteiger partial charge is 0.191 e. The minimum Gasteiger partial charge on any atom is -0.355 e. The molecule has 7 heteroatoms. The van der Waals surface area contributed by atoms with Gasteiger partial charge >= 0.3 is 0 Å². The van der Waals surface area contributed by atoms with Crippen molar-refractivity contribution in [2.24, 2.45) is 4.99 Å². The number of aliphatic imine (C=N–C) groups is 1. The Bertz CT molecular complexity index is 568. The third-order valence-corrected chi connectivity index (χ3v) is 5.97. The summed E-state index contributed by atoms with van der Waals surface area (Å²) < 4.78 is 0. The number of rotatable bonds is 7. The number of aromatic nitrogens is 1. The fourth-order valence-corrected chi connectivity index (χ4v) is 4.22. The first-order valence-corrected chi connectivity index (χ1v) is 10.5. The minimum atomic E-state index is 0. The molecule has 2 fully saturated rings. The van der Waals surface area contributed by atoms with Crippen LogP contribution in [0.4, 0.5) is 0 Å². The number of nitrogens with one attached hydrogen (secondary N) is 2. The molecule has 6 nitrogen and oxygen atoms in total. The Morgan fingerprint density at radius 1 is 1.21 bits per heavy atom. The molecule has 0 unspecified atom stereocenters. The molecule has 158 valence electrons. The predicted molar refractivity (Wildman–Crippen MR) is 127 cm³/mol. The van der Waals surface area contributed by atoms with Crippen LogP contribution in [0.25, 0.3) is 0 Å². The van der Waals surface area contributed by atoms with Gasteiger partial charge in [-0.3, -0.25) is 14.9 Å². The van der Waals surface area contributed by atoms with Crippen molar-refractivity contribution in [1.29, 1.82) is 0 Å². The maximum absolute atomic E-state index is 4.44. The standard InChI is InChI=1S/C21H36N6.HI/c1-22-21(24-13-16-26(2)20-8-3-4-9-20)25-18-10-14-27(15-11-18)17-19-7-5-6-12-23-19;/h5-7,12,18,20H,3-4,8-11,13-17H2,1-2H3,(H2,22,24,25);1H. The van der Waals surface area contributed by atoms with Crippen LogP contribution in [-0.4, -0.2) is 73.1 Å². The number of halogens is 1. The molecule has 2 heterocycles. The summed E-state index contributed by atoms with van der Waals surface area (Å²) in [7, 11) is 4.12. The highest BCUT2D eigenvalue weighted by Gasteiger charge is 2.21. The Hall–Kier alpha value is -0.930. The molecule has 1 aromatic heterocycles. The molecule has 0 aromatic carbocycles. The van der Waals surface area contributed by atoms with Crippen LogP contribution in [0.3, 0.4) is 0 Å². The summed E-state index contributed by atoms with van der Waals surface area (Å²) in [5.41, 5.74) is 1.16. The van der Waals surface area contributed by atoms with Crippen molar-refractivity contribution in [1.82, 2.24) is 25.4 Å². The van der Waals surface area contributed by atoms with Gasteiger partial charge in [0.05, 0.1) is 5.69 Å². The van der Waals surface area contributed by atoms with Crippen molar-refractivity contribution in [3.8, 4) is 0 Å². The molecule has 1 aliphatic heterocycles. The van der Waals surface area contributed by atoms with E-state index in [0.717, 1.165) is 63.3 Å². The Morgan fingerprint density at radius 3 is 2.61 bits per heavy atom. The van der Waals surface area contributed by atoms with Gasteiger partial charge in [-0.1, -0.05) is 18.9 Å². The molecular weight excluding hydrogens is 463 g/mol. The normalized spacial score (nSPS) is 19.6. The second-order valence-corrected chi connectivity index (χ2v) is 7.93. The van der Waals surface area contributed by atoms with Gasteiger partial charge in [0.2, 0.25) is 0 Å². The number of likely N-dealkylation sites (tertiary alicyclic amines) is 1. The Balaban J connectivity index is 0.00000280. The van der Waals surface area contributed by atoms with Crippen LogP contribution >= 0.6 is 24.0 Å². The summed E-state index contributed by atoms with van der Waals surface area (Å²) in [6, 6.07) is 7.44. The molecule has 28 heavy (non-hydrogen) atoms. The lowest BCUT2D eigenvalue weighted by Crippen LogP contribution is -2.49. The molecule has 3 rings (SSSR count). The zero-order valence-electron chi connectivity index (χ0n) is 17.4. The number of likely N-dealkylation sites (N-methyl/N-ethyl adjacent to an activating group) is 1. The first kappa shape index (κ1) is 23.3. The van der Waals surface area contributed by atoms with Gasteiger partial charge in [0.15, 0.2) is 5.96 Å². The van der Waals surface area contributed by atoms with Crippen LogP contribution in [0, 0.1) is 0 Å². The van der Waals surface area contributed by atoms with E-state index in [1.165, 1.54) is 25.7 Å². The average Bonchev–Trinajstić information content (AvgIpc) is 3.24. The second-order valence-electron chi connectivity index (χ2n) is 7.93. The quantitative estimate of drug-likeness (QED) is 0.343. The van der Waals surface area contributed by atoms with Crippen molar-refractivity contribution in [3.63, 3.8) is 0 Å². The van der Waals surface area contributed by atoms with Crippen LogP contribution in [0.15, 0.2) is 29.4 Å². The number of guanidine groups is 1. The van der Waals surface area contributed by atoms with Gasteiger partial charge in [0, 0.05) is 58.1 Å². The van der Waals surface area contributed by atoms with Gasteiger partial charge < -0.3 is 15.5 Å². The molecule has 0 amide bonds. The van der Waals surface area contributed by atoms with Gasteiger partial charge in [-0.05, 0) is 44.9 Å². The van der Waals surface area contributed by atoms with Gasteiger partial charge in [0.25, 0.3) is 0 Å². The van der Waals surface area contributed by atoms with E-state index in [1.54, 1.807) is 0 Å². The molecule has 2 N–H and O–H groups in total. The molecule has 1 aliphatic carbocycles. The van der Waals surface area contributed by atoms with E-state index < -0.39 is 0 Å². The van der Waals surface area contributed by atoms with E-state index in [9.17, 15) is 0 Å². The molecule has 0 spiro atoms. The summed E-state index contributed by atoms with van der Waals surface area (Å²) in [5.74, 6) is 0.943. The number of nitrogens with zero attached hydrogens (tertiary/aromatic N) is 4. The maximum Gasteiger partial charge on any atom is 0.191 e. The molecular formula is C21H37IN6. The highest BCUT2D eigenvalue weighted by atomic mass is 127. The average molecular weight is 500 g/mol. The van der Waals surface area contributed by atoms with Crippen LogP contribution in [0.2, 0.25) is 0 Å². The van der Waals surface area contributed by atoms with Crippen LogP contribution in [-0.2, 0) is 6.54 Å². The lowest BCUT2D eigenvalue weighted by Gasteiger charge is -2.33. The maximum atomic E-state index is 4.44. The molecule has 0 radical (unpaired) electrons. The summed E-state index contributed by atoms with van der Waals surface area (Å²) in [5, 5.41) is 7.11. The summed E-state index contributed by atoms with van der Waals surface area (Å²) in [6.45, 7) is 5.19. The summed E-state index contributed by atoms with van der Waals surface area (Å²) in [6.07, 6.45) is 9.69. The van der Waals surface area contributed by atoms with Gasteiger partial charge in [-0.15, -0.1) is 24.0 Å². The van der Waals surface area contributed by atoms with Crippen LogP contribution in [0.1, 0.15) is 44.2 Å². The minimum absolute atomic E-state index is 0. The van der Waals surface area contributed by atoms with Crippen molar-refractivity contribution in [2.45, 2.75) is 57.2 Å². The van der Waals surface area contributed by atoms with Crippen LogP contribution in [0.5, 0.6) is 0 Å². The van der Waals surface area contributed by atoms with E-state index >= 15 is 0 Å². The topological polar surface area (TPSA) is 55.8 Å². The van der Waals surface area contributed by atoms with Crippen molar-refractivity contribution in [3.05, 3.63) is 30.1 Å². The molecule has 2 aliphatic rings. The Labute approximate surface area is 187 Å². The highest BCUT2D eigenvalue weighted by molar-refractivity contribution is 14.0. The molecule has 1 aromatic rings. The second kappa shape index (κ2) is 12.6. The van der Waals surface area contributed by atoms with Gasteiger partial charge in [-0.2, -0.15) is 0 Å². The van der Waals surface area contributed by atoms with E-state index in [2.05, 4.69) is 49.6 Å². The third kappa shape index (κ3) is 7.48. The van der Waals surface area contributed by atoms with Crippen molar-refractivity contribution in [2.75, 3.05) is 40.3 Å². The first-order valence-electron chi connectivity index (χ1n) is 10.5. The number of piperidine rings is 1. The third-order valence-electron chi connectivity index (χ3n) is 5.97. The molecule has 1 saturated heterocycles.